The Hall–Kier alpha value is -3.09. The number of nitrogens with one attached hydrogen (secondary N) is 2. The van der Waals surface area contributed by atoms with Gasteiger partial charge in [-0.3, -0.25) is 9.78 Å². The van der Waals surface area contributed by atoms with Crippen molar-refractivity contribution in [1.29, 1.82) is 0 Å². The van der Waals surface area contributed by atoms with Crippen molar-refractivity contribution in [1.82, 2.24) is 19.7 Å². The maximum Gasteiger partial charge on any atom is 0.255 e. The number of hydrogen-bond donors (Lipinski definition) is 3. The number of phenols is 1. The highest BCUT2D eigenvalue weighted by Gasteiger charge is 2.12. The minimum absolute atomic E-state index is 0.184. The predicted octanol–water partition coefficient (Wildman–Crippen LogP) is 2.33. The van der Waals surface area contributed by atoms with Gasteiger partial charge in [-0.25, -0.2) is 4.98 Å². The molecule has 3 N–H and O–H groups in total. The maximum absolute atomic E-state index is 12.0. The van der Waals surface area contributed by atoms with Crippen LogP contribution in [0.3, 0.4) is 0 Å². The van der Waals surface area contributed by atoms with Crippen LogP contribution in [0.15, 0.2) is 35.1 Å². The monoisotopic (exact) mass is 311 g/mol. The van der Waals surface area contributed by atoms with E-state index in [1.54, 1.807) is 42.8 Å². The van der Waals surface area contributed by atoms with Crippen LogP contribution < -0.4 is 10.9 Å². The van der Waals surface area contributed by atoms with Gasteiger partial charge in [-0.05, 0) is 45.0 Å². The lowest BCUT2D eigenvalue weighted by Crippen LogP contribution is -2.18. The molecule has 0 spiro atoms. The molecule has 2 aromatic heterocycles. The Morgan fingerprint density at radius 3 is 2.52 bits per heavy atom. The molecule has 0 saturated carbocycles. The molecule has 7 nitrogen and oxygen atoms in total. The van der Waals surface area contributed by atoms with E-state index in [1.807, 2.05) is 13.0 Å². The van der Waals surface area contributed by atoms with Gasteiger partial charge in [-0.1, -0.05) is 0 Å². The Bertz CT molecular complexity index is 909. The molecule has 3 rings (SSSR count). The topological polar surface area (TPSA) is 95.8 Å². The van der Waals surface area contributed by atoms with Crippen LogP contribution in [0.2, 0.25) is 0 Å². The lowest BCUT2D eigenvalue weighted by molar-refractivity contribution is 0.475. The van der Waals surface area contributed by atoms with Crippen molar-refractivity contribution in [3.8, 4) is 11.7 Å². The SMILES string of the molecule is Cc1cc(Nc2ccc(O)cc2)n(-c2nc(C)c(C)c(=O)[nH]2)n1. The molecule has 0 atom stereocenters. The second-order valence-corrected chi connectivity index (χ2v) is 5.35. The Kier molecular flexibility index (Phi) is 3.61. The summed E-state index contributed by atoms with van der Waals surface area (Å²) in [6, 6.07) is 8.53. The van der Waals surface area contributed by atoms with Gasteiger partial charge in [0.15, 0.2) is 0 Å². The first-order valence-electron chi connectivity index (χ1n) is 7.14. The second-order valence-electron chi connectivity index (χ2n) is 5.35. The number of hydrogen-bond acceptors (Lipinski definition) is 5. The average Bonchev–Trinajstić information content (AvgIpc) is 2.87. The van der Waals surface area contributed by atoms with E-state index < -0.39 is 0 Å². The number of aromatic amines is 1. The molecule has 0 unspecified atom stereocenters. The van der Waals surface area contributed by atoms with Crippen LogP contribution in [0.4, 0.5) is 11.5 Å². The summed E-state index contributed by atoms with van der Waals surface area (Å²) >= 11 is 0. The van der Waals surface area contributed by atoms with Crippen LogP contribution in [-0.2, 0) is 0 Å². The van der Waals surface area contributed by atoms with Crippen LogP contribution >= 0.6 is 0 Å². The molecule has 7 heteroatoms. The maximum atomic E-state index is 12.0. The van der Waals surface area contributed by atoms with Crippen LogP contribution in [0.1, 0.15) is 17.0 Å². The number of benzene rings is 1. The first kappa shape index (κ1) is 14.8. The van der Waals surface area contributed by atoms with Crippen LogP contribution in [0, 0.1) is 20.8 Å². The quantitative estimate of drug-likeness (QED) is 0.645. The van der Waals surface area contributed by atoms with Crippen LogP contribution in [0.5, 0.6) is 5.75 Å². The van der Waals surface area contributed by atoms with Gasteiger partial charge >= 0.3 is 0 Å². The minimum Gasteiger partial charge on any atom is -0.508 e. The zero-order chi connectivity index (χ0) is 16.6. The summed E-state index contributed by atoms with van der Waals surface area (Å²) in [5, 5.41) is 16.9. The predicted molar refractivity (Wildman–Crippen MR) is 87.6 cm³/mol. The fourth-order valence-corrected chi connectivity index (χ4v) is 2.17. The summed E-state index contributed by atoms with van der Waals surface area (Å²) in [5.74, 6) is 1.22. The smallest absolute Gasteiger partial charge is 0.255 e. The summed E-state index contributed by atoms with van der Waals surface area (Å²) in [5.41, 5.74) is 2.64. The molecule has 0 fully saturated rings. The number of aromatic hydroxyl groups is 1. The van der Waals surface area contributed by atoms with E-state index in [0.29, 0.717) is 23.0 Å². The standard InChI is InChI=1S/C16H17N5O2/c1-9-8-14(18-12-4-6-13(22)7-5-12)21(20-9)16-17-11(3)10(2)15(23)19-16/h4-8,18,22H,1-3H3,(H,17,19,23). The van der Waals surface area contributed by atoms with Gasteiger partial charge in [0.25, 0.3) is 5.56 Å². The molecular formula is C16H17N5O2. The third-order valence-electron chi connectivity index (χ3n) is 3.55. The largest absolute Gasteiger partial charge is 0.508 e. The van der Waals surface area contributed by atoms with Crippen molar-refractivity contribution in [2.45, 2.75) is 20.8 Å². The van der Waals surface area contributed by atoms with Gasteiger partial charge in [-0.2, -0.15) is 9.78 Å². The minimum atomic E-state index is -0.184. The van der Waals surface area contributed by atoms with E-state index in [0.717, 1.165) is 11.4 Å². The van der Waals surface area contributed by atoms with Gasteiger partial charge in [0.05, 0.1) is 5.69 Å². The van der Waals surface area contributed by atoms with E-state index in [9.17, 15) is 9.90 Å². The summed E-state index contributed by atoms with van der Waals surface area (Å²) in [6.07, 6.45) is 0. The van der Waals surface area contributed by atoms with Crippen molar-refractivity contribution < 1.29 is 5.11 Å². The highest BCUT2D eigenvalue weighted by molar-refractivity contribution is 5.59. The van der Waals surface area contributed by atoms with E-state index in [-0.39, 0.29) is 11.3 Å². The van der Waals surface area contributed by atoms with E-state index >= 15 is 0 Å². The highest BCUT2D eigenvalue weighted by Crippen LogP contribution is 2.21. The molecule has 0 amide bonds. The van der Waals surface area contributed by atoms with Crippen LogP contribution in [-0.4, -0.2) is 24.9 Å². The first-order chi connectivity index (χ1) is 10.9. The molecular weight excluding hydrogens is 294 g/mol. The zero-order valence-corrected chi connectivity index (χ0v) is 13.1. The lowest BCUT2D eigenvalue weighted by Gasteiger charge is -2.10. The molecule has 23 heavy (non-hydrogen) atoms. The lowest BCUT2D eigenvalue weighted by atomic mass is 10.3. The molecule has 0 aliphatic carbocycles. The number of rotatable bonds is 3. The average molecular weight is 311 g/mol. The molecule has 0 radical (unpaired) electrons. The van der Waals surface area contributed by atoms with Gasteiger partial charge in [0, 0.05) is 23.0 Å². The van der Waals surface area contributed by atoms with E-state index in [2.05, 4.69) is 20.4 Å². The van der Waals surface area contributed by atoms with Crippen molar-refractivity contribution in [3.05, 3.63) is 57.6 Å². The number of nitrogens with zero attached hydrogens (tertiary/aromatic N) is 3. The molecule has 0 aliphatic rings. The molecule has 3 aromatic rings. The van der Waals surface area contributed by atoms with Crippen LogP contribution in [0.25, 0.3) is 5.95 Å². The van der Waals surface area contributed by atoms with Crippen molar-refractivity contribution >= 4 is 11.5 Å². The zero-order valence-electron chi connectivity index (χ0n) is 13.1. The van der Waals surface area contributed by atoms with Gasteiger partial charge in [0.2, 0.25) is 5.95 Å². The number of H-pyrrole nitrogens is 1. The Labute approximate surface area is 132 Å². The molecule has 0 saturated heterocycles. The molecule has 1 aromatic carbocycles. The number of aromatic nitrogens is 4. The third-order valence-corrected chi connectivity index (χ3v) is 3.55. The summed E-state index contributed by atoms with van der Waals surface area (Å²) in [4.78, 5) is 19.1. The fraction of sp³-hybridized carbons (Fsp3) is 0.188. The third kappa shape index (κ3) is 2.94. The van der Waals surface area contributed by atoms with Crippen molar-refractivity contribution in [3.63, 3.8) is 0 Å². The van der Waals surface area contributed by atoms with Crippen molar-refractivity contribution in [2.24, 2.45) is 0 Å². The summed E-state index contributed by atoms with van der Waals surface area (Å²) in [7, 11) is 0. The van der Waals surface area contributed by atoms with Crippen molar-refractivity contribution in [2.75, 3.05) is 5.32 Å². The van der Waals surface area contributed by atoms with Gasteiger partial charge in [0.1, 0.15) is 11.6 Å². The first-order valence-corrected chi connectivity index (χ1v) is 7.14. The Morgan fingerprint density at radius 1 is 1.17 bits per heavy atom. The van der Waals surface area contributed by atoms with E-state index in [1.165, 1.54) is 0 Å². The summed E-state index contributed by atoms with van der Waals surface area (Å²) in [6.45, 7) is 5.38. The Morgan fingerprint density at radius 2 is 1.87 bits per heavy atom. The van der Waals surface area contributed by atoms with E-state index in [4.69, 9.17) is 0 Å². The second kappa shape index (κ2) is 5.60. The molecule has 2 heterocycles. The molecule has 118 valence electrons. The number of anilines is 2. The molecule has 0 aliphatic heterocycles. The van der Waals surface area contributed by atoms with Gasteiger partial charge in [-0.15, -0.1) is 0 Å². The molecule has 0 bridgehead atoms. The Balaban J connectivity index is 2.04. The van der Waals surface area contributed by atoms with Gasteiger partial charge < -0.3 is 10.4 Å². The number of aryl methyl sites for hydroxylation is 2. The highest BCUT2D eigenvalue weighted by atomic mass is 16.3. The fourth-order valence-electron chi connectivity index (χ4n) is 2.17. The summed E-state index contributed by atoms with van der Waals surface area (Å²) < 4.78 is 1.55. The number of phenolic OH excluding ortho intramolecular Hbond substituents is 1. The normalized spacial score (nSPS) is 10.7.